The molecule has 1 aromatic carbocycles. The Morgan fingerprint density at radius 3 is 1.95 bits per heavy atom. The molecule has 0 saturated heterocycles. The zero-order valence-corrected chi connectivity index (χ0v) is 13.5. The van der Waals surface area contributed by atoms with Crippen LogP contribution < -0.4 is 10.6 Å². The number of hydrogen-bond acceptors (Lipinski definition) is 2. The van der Waals surface area contributed by atoms with E-state index in [1.54, 1.807) is 0 Å². The van der Waals surface area contributed by atoms with Crippen LogP contribution in [-0.2, 0) is 12.0 Å². The minimum Gasteiger partial charge on any atom is -0.316 e. The lowest BCUT2D eigenvalue weighted by molar-refractivity contribution is 0.587. The summed E-state index contributed by atoms with van der Waals surface area (Å²) in [5.74, 6) is 0. The highest BCUT2D eigenvalue weighted by molar-refractivity contribution is 5.40. The van der Waals surface area contributed by atoms with Gasteiger partial charge in [-0.1, -0.05) is 39.8 Å². The third-order valence-corrected chi connectivity index (χ3v) is 3.59. The van der Waals surface area contributed by atoms with Crippen molar-refractivity contribution in [1.82, 2.24) is 10.6 Å². The summed E-state index contributed by atoms with van der Waals surface area (Å²) in [6.45, 7) is 17.5. The topological polar surface area (TPSA) is 24.1 Å². The first-order chi connectivity index (χ1) is 8.86. The molecule has 0 aliphatic carbocycles. The van der Waals surface area contributed by atoms with Gasteiger partial charge in [0.1, 0.15) is 0 Å². The van der Waals surface area contributed by atoms with E-state index in [0.717, 1.165) is 26.2 Å². The van der Waals surface area contributed by atoms with Gasteiger partial charge in [0.25, 0.3) is 0 Å². The van der Waals surface area contributed by atoms with Gasteiger partial charge in [-0.25, -0.2) is 0 Å². The van der Waals surface area contributed by atoms with Crippen molar-refractivity contribution in [1.29, 1.82) is 0 Å². The second kappa shape index (κ2) is 7.06. The highest BCUT2D eigenvalue weighted by atomic mass is 14.9. The Labute approximate surface area is 119 Å². The van der Waals surface area contributed by atoms with E-state index in [-0.39, 0.29) is 5.41 Å². The first kappa shape index (κ1) is 16.2. The van der Waals surface area contributed by atoms with Crippen molar-refractivity contribution in [2.24, 2.45) is 0 Å². The molecule has 2 heteroatoms. The van der Waals surface area contributed by atoms with Gasteiger partial charge < -0.3 is 10.6 Å². The van der Waals surface area contributed by atoms with Crippen molar-refractivity contribution >= 4 is 0 Å². The number of benzene rings is 1. The second-order valence-electron chi connectivity index (χ2n) is 6.37. The first-order valence-electron chi connectivity index (χ1n) is 7.38. The van der Waals surface area contributed by atoms with Gasteiger partial charge >= 0.3 is 0 Å². The molecule has 0 aliphatic rings. The molecule has 0 atom stereocenters. The lowest BCUT2D eigenvalue weighted by Crippen LogP contribution is -2.27. The summed E-state index contributed by atoms with van der Waals surface area (Å²) in [5.41, 5.74) is 5.91. The van der Waals surface area contributed by atoms with Crippen molar-refractivity contribution in [3.8, 4) is 0 Å². The Hall–Kier alpha value is -0.860. The van der Waals surface area contributed by atoms with E-state index in [9.17, 15) is 0 Å². The van der Waals surface area contributed by atoms with Gasteiger partial charge in [-0.2, -0.15) is 0 Å². The maximum absolute atomic E-state index is 3.51. The fourth-order valence-electron chi connectivity index (χ4n) is 2.27. The fraction of sp³-hybridized carbons (Fsp3) is 0.647. The largest absolute Gasteiger partial charge is 0.316 e. The molecule has 108 valence electrons. The first-order valence-corrected chi connectivity index (χ1v) is 7.38. The smallest absolute Gasteiger partial charge is 0.0211 e. The normalized spacial score (nSPS) is 11.9. The van der Waals surface area contributed by atoms with Crippen molar-refractivity contribution in [3.05, 3.63) is 34.4 Å². The molecule has 1 rings (SSSR count). The standard InChI is InChI=1S/C17H30N2/c1-7-18-8-9-19-12-16-13(2)10-15(11-14(16)3)17(4,5)6/h10-11,18-19H,7-9,12H2,1-6H3. The quantitative estimate of drug-likeness (QED) is 0.769. The van der Waals surface area contributed by atoms with Gasteiger partial charge in [-0.15, -0.1) is 0 Å². The van der Waals surface area contributed by atoms with Gasteiger partial charge in [0.2, 0.25) is 0 Å². The maximum atomic E-state index is 3.51. The van der Waals surface area contributed by atoms with E-state index in [4.69, 9.17) is 0 Å². The van der Waals surface area contributed by atoms with Crippen molar-refractivity contribution in [3.63, 3.8) is 0 Å². The van der Waals surface area contributed by atoms with Crippen molar-refractivity contribution < 1.29 is 0 Å². The molecule has 0 heterocycles. The Bertz CT molecular complexity index is 379. The van der Waals surface area contributed by atoms with Crippen molar-refractivity contribution in [2.75, 3.05) is 19.6 Å². The number of nitrogens with one attached hydrogen (secondary N) is 2. The monoisotopic (exact) mass is 262 g/mol. The molecule has 0 unspecified atom stereocenters. The van der Waals surface area contributed by atoms with E-state index in [1.807, 2.05) is 0 Å². The summed E-state index contributed by atoms with van der Waals surface area (Å²) in [6, 6.07) is 4.68. The third-order valence-electron chi connectivity index (χ3n) is 3.59. The molecule has 0 spiro atoms. The Kier molecular flexibility index (Phi) is 6.02. The molecule has 1 aromatic rings. The molecule has 0 aromatic heterocycles. The van der Waals surface area contributed by atoms with Crippen LogP contribution >= 0.6 is 0 Å². The minimum absolute atomic E-state index is 0.229. The van der Waals surface area contributed by atoms with Crippen LogP contribution in [0.3, 0.4) is 0 Å². The molecular formula is C17H30N2. The predicted octanol–water partition coefficient (Wildman–Crippen LogP) is 3.30. The summed E-state index contributed by atoms with van der Waals surface area (Å²) in [5, 5.41) is 6.84. The molecule has 0 saturated carbocycles. The summed E-state index contributed by atoms with van der Waals surface area (Å²) in [7, 11) is 0. The van der Waals surface area contributed by atoms with Gasteiger partial charge in [-0.05, 0) is 48.1 Å². The molecule has 0 bridgehead atoms. The Morgan fingerprint density at radius 2 is 1.47 bits per heavy atom. The van der Waals surface area contributed by atoms with E-state index >= 15 is 0 Å². The van der Waals surface area contributed by atoms with Crippen LogP contribution in [0, 0.1) is 13.8 Å². The molecule has 19 heavy (non-hydrogen) atoms. The number of aryl methyl sites for hydroxylation is 2. The van der Waals surface area contributed by atoms with Crippen LogP contribution in [0.1, 0.15) is 49.9 Å². The maximum Gasteiger partial charge on any atom is 0.0211 e. The summed E-state index contributed by atoms with van der Waals surface area (Å²) >= 11 is 0. The van der Waals surface area contributed by atoms with E-state index in [2.05, 4.69) is 64.3 Å². The molecule has 0 radical (unpaired) electrons. The Balaban J connectivity index is 2.70. The van der Waals surface area contributed by atoms with Crippen LogP contribution in [0.2, 0.25) is 0 Å². The molecule has 2 nitrogen and oxygen atoms in total. The van der Waals surface area contributed by atoms with Crippen LogP contribution in [0.15, 0.2) is 12.1 Å². The van der Waals surface area contributed by atoms with Gasteiger partial charge in [0, 0.05) is 19.6 Å². The lowest BCUT2D eigenvalue weighted by atomic mass is 9.84. The second-order valence-corrected chi connectivity index (χ2v) is 6.37. The Morgan fingerprint density at radius 1 is 0.947 bits per heavy atom. The fourth-order valence-corrected chi connectivity index (χ4v) is 2.27. The summed E-state index contributed by atoms with van der Waals surface area (Å²) in [4.78, 5) is 0. The molecular weight excluding hydrogens is 232 g/mol. The van der Waals surface area contributed by atoms with Crippen molar-refractivity contribution in [2.45, 2.75) is 53.5 Å². The van der Waals surface area contributed by atoms with Crippen LogP contribution in [0.5, 0.6) is 0 Å². The molecule has 2 N–H and O–H groups in total. The minimum atomic E-state index is 0.229. The number of hydrogen-bond donors (Lipinski definition) is 2. The van der Waals surface area contributed by atoms with Crippen LogP contribution in [-0.4, -0.2) is 19.6 Å². The highest BCUT2D eigenvalue weighted by Crippen LogP contribution is 2.26. The summed E-state index contributed by atoms with van der Waals surface area (Å²) < 4.78 is 0. The number of rotatable bonds is 6. The molecule has 0 aliphatic heterocycles. The van der Waals surface area contributed by atoms with Crippen LogP contribution in [0.25, 0.3) is 0 Å². The van der Waals surface area contributed by atoms with Crippen LogP contribution in [0.4, 0.5) is 0 Å². The average Bonchev–Trinajstić information content (AvgIpc) is 2.30. The molecule has 0 amide bonds. The van der Waals surface area contributed by atoms with E-state index in [0.29, 0.717) is 0 Å². The van der Waals surface area contributed by atoms with E-state index in [1.165, 1.54) is 22.3 Å². The highest BCUT2D eigenvalue weighted by Gasteiger charge is 2.15. The predicted molar refractivity (Wildman–Crippen MR) is 84.9 cm³/mol. The van der Waals surface area contributed by atoms with Gasteiger partial charge in [-0.3, -0.25) is 0 Å². The summed E-state index contributed by atoms with van der Waals surface area (Å²) in [6.07, 6.45) is 0. The lowest BCUT2D eigenvalue weighted by Gasteiger charge is -2.22. The molecule has 0 fully saturated rings. The SMILES string of the molecule is CCNCCNCc1c(C)cc(C(C)(C)C)cc1C. The zero-order valence-electron chi connectivity index (χ0n) is 13.5. The average molecular weight is 262 g/mol. The van der Waals surface area contributed by atoms with Gasteiger partial charge in [0.05, 0.1) is 0 Å². The third kappa shape index (κ3) is 4.96. The number of likely N-dealkylation sites (N-methyl/N-ethyl adjacent to an activating group) is 1. The van der Waals surface area contributed by atoms with E-state index < -0.39 is 0 Å². The zero-order chi connectivity index (χ0) is 14.5. The van der Waals surface area contributed by atoms with Gasteiger partial charge in [0.15, 0.2) is 0 Å².